The summed E-state index contributed by atoms with van der Waals surface area (Å²) >= 11 is 3.24. The van der Waals surface area contributed by atoms with Gasteiger partial charge in [-0.2, -0.15) is 0 Å². The lowest BCUT2D eigenvalue weighted by atomic mass is 9.90. The summed E-state index contributed by atoms with van der Waals surface area (Å²) in [6.07, 6.45) is 0.606. The lowest BCUT2D eigenvalue weighted by molar-refractivity contribution is 0.00700. The Morgan fingerprint density at radius 2 is 1.83 bits per heavy atom. The molecule has 23 heavy (non-hydrogen) atoms. The molecule has 122 valence electrons. The van der Waals surface area contributed by atoms with Crippen molar-refractivity contribution in [2.75, 3.05) is 14.2 Å². The van der Waals surface area contributed by atoms with E-state index in [1.165, 1.54) is 6.07 Å². The second kappa shape index (κ2) is 6.49. The van der Waals surface area contributed by atoms with Crippen LogP contribution in [0.15, 0.2) is 34.8 Å². The molecule has 3 nitrogen and oxygen atoms in total. The van der Waals surface area contributed by atoms with E-state index in [1.54, 1.807) is 26.4 Å². The highest BCUT2D eigenvalue weighted by Gasteiger charge is 2.29. The summed E-state index contributed by atoms with van der Waals surface area (Å²) in [4.78, 5) is 0. The van der Waals surface area contributed by atoms with Crippen LogP contribution in [-0.2, 0) is 11.2 Å². The lowest BCUT2D eigenvalue weighted by Crippen LogP contribution is -2.24. The maximum absolute atomic E-state index is 13.5. The molecule has 0 fully saturated rings. The molecule has 0 aromatic heterocycles. The molecule has 1 aliphatic rings. The van der Waals surface area contributed by atoms with Crippen molar-refractivity contribution >= 4 is 15.9 Å². The average Bonchev–Trinajstić information content (AvgIpc) is 2.55. The smallest absolute Gasteiger partial charge is 0.161 e. The lowest BCUT2D eigenvalue weighted by Gasteiger charge is -2.31. The van der Waals surface area contributed by atoms with Crippen LogP contribution in [0.1, 0.15) is 29.7 Å². The first-order valence-electron chi connectivity index (χ1n) is 7.38. The van der Waals surface area contributed by atoms with Gasteiger partial charge in [-0.3, -0.25) is 0 Å². The Bertz CT molecular complexity index is 732. The van der Waals surface area contributed by atoms with Crippen molar-refractivity contribution in [1.82, 2.24) is 0 Å². The SMILES string of the molecule is COc1cc2c(cc1OC)C(c1ccc(F)c(Br)c1)OC(C)C2. The number of methoxy groups -OCH3 is 2. The number of fused-ring (bicyclic) bond motifs is 1. The van der Waals surface area contributed by atoms with Crippen molar-refractivity contribution in [2.45, 2.75) is 25.6 Å². The summed E-state index contributed by atoms with van der Waals surface area (Å²) in [6, 6.07) is 8.91. The van der Waals surface area contributed by atoms with E-state index in [0.29, 0.717) is 16.0 Å². The minimum absolute atomic E-state index is 0.0643. The second-order valence-electron chi connectivity index (χ2n) is 5.61. The molecule has 3 rings (SSSR count). The van der Waals surface area contributed by atoms with Crippen molar-refractivity contribution in [2.24, 2.45) is 0 Å². The molecule has 0 amide bonds. The third kappa shape index (κ3) is 3.08. The number of hydrogen-bond donors (Lipinski definition) is 0. The molecule has 0 aliphatic carbocycles. The molecule has 0 spiro atoms. The van der Waals surface area contributed by atoms with Crippen molar-refractivity contribution in [3.63, 3.8) is 0 Å². The van der Waals surface area contributed by atoms with Crippen LogP contribution in [0.25, 0.3) is 0 Å². The molecule has 1 aliphatic heterocycles. The molecule has 2 aromatic rings. The molecule has 2 atom stereocenters. The van der Waals surface area contributed by atoms with Gasteiger partial charge in [0.25, 0.3) is 0 Å². The summed E-state index contributed by atoms with van der Waals surface area (Å²) in [6.45, 7) is 2.03. The van der Waals surface area contributed by atoms with Crippen LogP contribution in [0.2, 0.25) is 0 Å². The van der Waals surface area contributed by atoms with Gasteiger partial charge in [0.05, 0.1) is 24.8 Å². The van der Waals surface area contributed by atoms with Gasteiger partial charge >= 0.3 is 0 Å². The third-order valence-corrected chi connectivity index (χ3v) is 4.66. The maximum atomic E-state index is 13.5. The first-order chi connectivity index (χ1) is 11.0. The molecule has 2 aromatic carbocycles. The van der Waals surface area contributed by atoms with Crippen molar-refractivity contribution in [3.05, 3.63) is 57.3 Å². The van der Waals surface area contributed by atoms with Crippen molar-refractivity contribution in [1.29, 1.82) is 0 Å². The van der Waals surface area contributed by atoms with Gasteiger partial charge in [0.2, 0.25) is 0 Å². The highest BCUT2D eigenvalue weighted by molar-refractivity contribution is 9.10. The minimum atomic E-state index is -0.287. The molecular weight excluding hydrogens is 363 g/mol. The summed E-state index contributed by atoms with van der Waals surface area (Å²) in [5, 5.41) is 0. The number of halogens is 2. The molecule has 2 unspecified atom stereocenters. The van der Waals surface area contributed by atoms with Gasteiger partial charge in [-0.1, -0.05) is 6.07 Å². The van der Waals surface area contributed by atoms with E-state index in [4.69, 9.17) is 14.2 Å². The predicted octanol–water partition coefficient (Wildman–Crippen LogP) is 4.66. The highest BCUT2D eigenvalue weighted by Crippen LogP contribution is 2.41. The Morgan fingerprint density at radius 1 is 1.13 bits per heavy atom. The van der Waals surface area contributed by atoms with Gasteiger partial charge in [0.1, 0.15) is 11.9 Å². The number of rotatable bonds is 3. The predicted molar refractivity (Wildman–Crippen MR) is 89.7 cm³/mol. The molecule has 1 heterocycles. The topological polar surface area (TPSA) is 27.7 Å². The number of ether oxygens (including phenoxy) is 3. The molecular formula is C18H18BrFO3. The van der Waals surface area contributed by atoms with Crippen LogP contribution >= 0.6 is 15.9 Å². The first kappa shape index (κ1) is 16.3. The Kier molecular flexibility index (Phi) is 4.60. The van der Waals surface area contributed by atoms with E-state index >= 15 is 0 Å². The van der Waals surface area contributed by atoms with Gasteiger partial charge in [-0.15, -0.1) is 0 Å². The van der Waals surface area contributed by atoms with Gasteiger partial charge in [0, 0.05) is 0 Å². The fourth-order valence-electron chi connectivity index (χ4n) is 2.95. The van der Waals surface area contributed by atoms with E-state index in [0.717, 1.165) is 23.1 Å². The van der Waals surface area contributed by atoms with Crippen molar-refractivity contribution in [3.8, 4) is 11.5 Å². The Balaban J connectivity index is 2.11. The summed E-state index contributed by atoms with van der Waals surface area (Å²) < 4.78 is 30.9. The molecule has 0 N–H and O–H groups in total. The Hall–Kier alpha value is -1.59. The van der Waals surface area contributed by atoms with Gasteiger partial charge in [-0.25, -0.2) is 4.39 Å². The first-order valence-corrected chi connectivity index (χ1v) is 8.18. The standard InChI is InChI=1S/C18H18BrFO3/c1-10-6-12-8-16(21-2)17(22-3)9-13(12)18(23-10)11-4-5-15(20)14(19)7-11/h4-5,7-10,18H,6H2,1-3H3. The molecule has 0 radical (unpaired) electrons. The Labute approximate surface area is 143 Å². The van der Waals surface area contributed by atoms with E-state index < -0.39 is 0 Å². The number of benzene rings is 2. The van der Waals surface area contributed by atoms with Gasteiger partial charge in [0.15, 0.2) is 11.5 Å². The second-order valence-corrected chi connectivity index (χ2v) is 6.46. The van der Waals surface area contributed by atoms with E-state index in [1.807, 2.05) is 19.1 Å². The minimum Gasteiger partial charge on any atom is -0.493 e. The van der Waals surface area contributed by atoms with Crippen LogP contribution in [0.5, 0.6) is 11.5 Å². The van der Waals surface area contributed by atoms with Gasteiger partial charge < -0.3 is 14.2 Å². The summed E-state index contributed by atoms with van der Waals surface area (Å²) in [5.74, 6) is 1.08. The largest absolute Gasteiger partial charge is 0.493 e. The monoisotopic (exact) mass is 380 g/mol. The van der Waals surface area contributed by atoms with Crippen LogP contribution in [0.4, 0.5) is 4.39 Å². The zero-order valence-electron chi connectivity index (χ0n) is 13.2. The number of hydrogen-bond acceptors (Lipinski definition) is 3. The molecule has 0 bridgehead atoms. The van der Waals surface area contributed by atoms with Crippen LogP contribution in [-0.4, -0.2) is 20.3 Å². The average molecular weight is 381 g/mol. The third-order valence-electron chi connectivity index (χ3n) is 4.05. The zero-order chi connectivity index (χ0) is 16.6. The zero-order valence-corrected chi connectivity index (χ0v) is 14.8. The fraction of sp³-hybridized carbons (Fsp3) is 0.333. The summed E-state index contributed by atoms with van der Waals surface area (Å²) in [7, 11) is 3.24. The summed E-state index contributed by atoms with van der Waals surface area (Å²) in [5.41, 5.74) is 3.09. The van der Waals surface area contributed by atoms with E-state index in [9.17, 15) is 4.39 Å². The van der Waals surface area contributed by atoms with E-state index in [-0.39, 0.29) is 18.0 Å². The van der Waals surface area contributed by atoms with Crippen molar-refractivity contribution < 1.29 is 18.6 Å². The molecule has 5 heteroatoms. The van der Waals surface area contributed by atoms with Crippen LogP contribution in [0, 0.1) is 5.82 Å². The fourth-order valence-corrected chi connectivity index (χ4v) is 3.35. The normalized spacial score (nSPS) is 20.0. The van der Waals surface area contributed by atoms with Crippen LogP contribution in [0.3, 0.4) is 0 Å². The van der Waals surface area contributed by atoms with Crippen LogP contribution < -0.4 is 9.47 Å². The molecule has 0 saturated carbocycles. The maximum Gasteiger partial charge on any atom is 0.161 e. The highest BCUT2D eigenvalue weighted by atomic mass is 79.9. The Morgan fingerprint density at radius 3 is 2.48 bits per heavy atom. The van der Waals surface area contributed by atoms with Gasteiger partial charge in [-0.05, 0) is 70.2 Å². The molecule has 0 saturated heterocycles. The van der Waals surface area contributed by atoms with E-state index in [2.05, 4.69) is 15.9 Å². The quantitative estimate of drug-likeness (QED) is 0.774.